The van der Waals surface area contributed by atoms with Gasteiger partial charge >= 0.3 is 6.18 Å². The molecule has 0 saturated carbocycles. The summed E-state index contributed by atoms with van der Waals surface area (Å²) in [6, 6.07) is 11.7. The number of alkyl halides is 3. The Kier molecular flexibility index (Phi) is 5.86. The van der Waals surface area contributed by atoms with Gasteiger partial charge in [0, 0.05) is 16.3 Å². The van der Waals surface area contributed by atoms with E-state index in [2.05, 4.69) is 15.4 Å². The quantitative estimate of drug-likeness (QED) is 0.421. The predicted octanol–water partition coefficient (Wildman–Crippen LogP) is 5.34. The fourth-order valence-electron chi connectivity index (χ4n) is 3.20. The molecule has 0 unspecified atom stereocenters. The van der Waals surface area contributed by atoms with Gasteiger partial charge in [-0.2, -0.15) is 18.3 Å². The number of halogens is 4. The molecule has 0 spiro atoms. The van der Waals surface area contributed by atoms with E-state index < -0.39 is 17.8 Å². The Morgan fingerprint density at radius 2 is 1.73 bits per heavy atom. The van der Waals surface area contributed by atoms with Crippen molar-refractivity contribution in [3.05, 3.63) is 71.0 Å². The molecule has 2 aromatic heterocycles. The number of aromatic nitrogens is 3. The normalized spacial score (nSPS) is 11.5. The first-order chi connectivity index (χ1) is 15.7. The van der Waals surface area contributed by atoms with Crippen molar-refractivity contribution in [2.24, 2.45) is 0 Å². The lowest BCUT2D eigenvalue weighted by atomic mass is 10.1. The van der Waals surface area contributed by atoms with Gasteiger partial charge in [0.25, 0.3) is 5.91 Å². The van der Waals surface area contributed by atoms with E-state index in [1.54, 1.807) is 36.4 Å². The molecule has 0 aliphatic rings. The number of anilines is 1. The third-order valence-electron chi connectivity index (χ3n) is 4.79. The molecule has 11 heteroatoms. The fraction of sp³-hybridized carbons (Fsp3) is 0.136. The summed E-state index contributed by atoms with van der Waals surface area (Å²) in [5.41, 5.74) is -0.722. The molecule has 0 bridgehead atoms. The predicted molar refractivity (Wildman–Crippen MR) is 116 cm³/mol. The third kappa shape index (κ3) is 4.42. The van der Waals surface area contributed by atoms with Gasteiger partial charge < -0.3 is 14.8 Å². The molecule has 0 aliphatic heterocycles. The number of carbonyl (C=O) groups excluding carboxylic acids is 1. The lowest BCUT2D eigenvalue weighted by Crippen LogP contribution is -2.15. The standard InChI is InChI=1S/C22H16ClF3N4O3/c1-32-17-8-3-12(9-18(17)33-2)16-10-19(22(24,25)26)30-20(29-16)15(11-27-30)21(31)28-14-6-4-13(23)5-7-14/h3-11H,1-2H3,(H,28,31). The van der Waals surface area contributed by atoms with Crippen LogP contribution in [0.3, 0.4) is 0 Å². The Bertz CT molecular complexity index is 1340. The van der Waals surface area contributed by atoms with E-state index in [0.717, 1.165) is 12.3 Å². The maximum Gasteiger partial charge on any atom is 0.433 e. The number of methoxy groups -OCH3 is 2. The van der Waals surface area contributed by atoms with Crippen LogP contribution in [0.1, 0.15) is 16.1 Å². The van der Waals surface area contributed by atoms with E-state index >= 15 is 0 Å². The number of nitrogens with zero attached hydrogens (tertiary/aromatic N) is 3. The molecular formula is C22H16ClF3N4O3. The van der Waals surface area contributed by atoms with Crippen molar-refractivity contribution in [3.63, 3.8) is 0 Å². The van der Waals surface area contributed by atoms with E-state index in [4.69, 9.17) is 21.1 Å². The summed E-state index contributed by atoms with van der Waals surface area (Å²) in [5.74, 6) is 0.0580. The summed E-state index contributed by atoms with van der Waals surface area (Å²) >= 11 is 5.84. The Hall–Kier alpha value is -3.79. The molecule has 2 aromatic carbocycles. The van der Waals surface area contributed by atoms with Crippen LogP contribution in [-0.4, -0.2) is 34.7 Å². The number of fused-ring (bicyclic) bond motifs is 1. The molecule has 0 saturated heterocycles. The molecule has 0 aliphatic carbocycles. The summed E-state index contributed by atoms with van der Waals surface area (Å²) in [6.45, 7) is 0. The minimum atomic E-state index is -4.75. The first-order valence-electron chi connectivity index (χ1n) is 9.46. The number of benzene rings is 2. The summed E-state index contributed by atoms with van der Waals surface area (Å²) in [6.07, 6.45) is -3.70. The smallest absolute Gasteiger partial charge is 0.433 e. The highest BCUT2D eigenvalue weighted by molar-refractivity contribution is 6.30. The van der Waals surface area contributed by atoms with Crippen LogP contribution in [0.5, 0.6) is 11.5 Å². The number of ether oxygens (including phenoxy) is 2. The number of nitrogens with one attached hydrogen (secondary N) is 1. The average molecular weight is 477 g/mol. The van der Waals surface area contributed by atoms with Crippen molar-refractivity contribution in [3.8, 4) is 22.8 Å². The summed E-state index contributed by atoms with van der Waals surface area (Å²) in [5, 5.41) is 6.84. The number of carbonyl (C=O) groups is 1. The van der Waals surface area contributed by atoms with Crippen LogP contribution in [0.15, 0.2) is 54.7 Å². The Labute approximate surface area is 190 Å². The molecule has 33 heavy (non-hydrogen) atoms. The van der Waals surface area contributed by atoms with Crippen molar-refractivity contribution in [2.75, 3.05) is 19.5 Å². The zero-order valence-corrected chi connectivity index (χ0v) is 18.0. The fourth-order valence-corrected chi connectivity index (χ4v) is 3.33. The first-order valence-corrected chi connectivity index (χ1v) is 9.84. The van der Waals surface area contributed by atoms with E-state index in [1.807, 2.05) is 0 Å². The van der Waals surface area contributed by atoms with Crippen LogP contribution in [0.25, 0.3) is 16.9 Å². The molecule has 1 amide bonds. The van der Waals surface area contributed by atoms with Crippen LogP contribution >= 0.6 is 11.6 Å². The number of hydrogen-bond donors (Lipinski definition) is 1. The Morgan fingerprint density at radius 1 is 1.03 bits per heavy atom. The first kappa shape index (κ1) is 22.4. The molecule has 0 fully saturated rings. The zero-order valence-electron chi connectivity index (χ0n) is 17.3. The van der Waals surface area contributed by atoms with Crippen molar-refractivity contribution in [2.45, 2.75) is 6.18 Å². The van der Waals surface area contributed by atoms with Crippen molar-refractivity contribution < 1.29 is 27.4 Å². The van der Waals surface area contributed by atoms with Crippen LogP contribution in [0, 0.1) is 0 Å². The second-order valence-electron chi connectivity index (χ2n) is 6.85. The Balaban J connectivity index is 1.84. The number of amides is 1. The molecule has 2 heterocycles. The lowest BCUT2D eigenvalue weighted by Gasteiger charge is -2.13. The monoisotopic (exact) mass is 476 g/mol. The van der Waals surface area contributed by atoms with Gasteiger partial charge in [0.1, 0.15) is 5.56 Å². The Morgan fingerprint density at radius 3 is 2.36 bits per heavy atom. The number of hydrogen-bond acceptors (Lipinski definition) is 5. The van der Waals surface area contributed by atoms with Crippen molar-refractivity contribution in [1.82, 2.24) is 14.6 Å². The highest BCUT2D eigenvalue weighted by Crippen LogP contribution is 2.35. The molecule has 0 atom stereocenters. The topological polar surface area (TPSA) is 77.8 Å². The minimum absolute atomic E-state index is 0.0168. The molecule has 4 rings (SSSR count). The van der Waals surface area contributed by atoms with Crippen LogP contribution in [0.4, 0.5) is 18.9 Å². The third-order valence-corrected chi connectivity index (χ3v) is 5.04. The van der Waals surface area contributed by atoms with Crippen molar-refractivity contribution >= 4 is 28.8 Å². The van der Waals surface area contributed by atoms with Gasteiger partial charge in [-0.1, -0.05) is 11.6 Å². The summed E-state index contributed by atoms with van der Waals surface area (Å²) in [7, 11) is 2.86. The maximum atomic E-state index is 13.8. The second kappa shape index (κ2) is 8.62. The van der Waals surface area contributed by atoms with E-state index in [1.165, 1.54) is 20.3 Å². The number of rotatable bonds is 5. The maximum absolute atomic E-state index is 13.8. The van der Waals surface area contributed by atoms with Gasteiger partial charge in [-0.15, -0.1) is 0 Å². The van der Waals surface area contributed by atoms with Crippen LogP contribution in [-0.2, 0) is 6.18 Å². The SMILES string of the molecule is COc1ccc(-c2cc(C(F)(F)F)n3ncc(C(=O)Nc4ccc(Cl)cc4)c3n2)cc1OC. The molecular weight excluding hydrogens is 461 g/mol. The van der Waals surface area contributed by atoms with E-state index in [9.17, 15) is 18.0 Å². The molecule has 4 aromatic rings. The van der Waals surface area contributed by atoms with Crippen LogP contribution in [0.2, 0.25) is 5.02 Å². The molecule has 7 nitrogen and oxygen atoms in total. The van der Waals surface area contributed by atoms with Gasteiger partial charge in [-0.3, -0.25) is 4.79 Å². The van der Waals surface area contributed by atoms with Gasteiger partial charge in [0.05, 0.1) is 26.1 Å². The average Bonchev–Trinajstić information content (AvgIpc) is 3.22. The lowest BCUT2D eigenvalue weighted by molar-refractivity contribution is -0.142. The van der Waals surface area contributed by atoms with E-state index in [-0.39, 0.29) is 16.9 Å². The van der Waals surface area contributed by atoms with Crippen LogP contribution < -0.4 is 14.8 Å². The van der Waals surface area contributed by atoms with Gasteiger partial charge in [0.15, 0.2) is 22.8 Å². The summed E-state index contributed by atoms with van der Waals surface area (Å²) in [4.78, 5) is 17.1. The summed E-state index contributed by atoms with van der Waals surface area (Å²) < 4.78 is 52.5. The molecule has 1 N–H and O–H groups in total. The largest absolute Gasteiger partial charge is 0.493 e. The van der Waals surface area contributed by atoms with Gasteiger partial charge in [-0.05, 0) is 48.5 Å². The van der Waals surface area contributed by atoms with E-state index in [0.29, 0.717) is 32.3 Å². The zero-order chi connectivity index (χ0) is 23.8. The second-order valence-corrected chi connectivity index (χ2v) is 7.29. The van der Waals surface area contributed by atoms with Gasteiger partial charge in [0.2, 0.25) is 0 Å². The van der Waals surface area contributed by atoms with Gasteiger partial charge in [-0.25, -0.2) is 9.50 Å². The minimum Gasteiger partial charge on any atom is -0.493 e. The molecule has 0 radical (unpaired) electrons. The van der Waals surface area contributed by atoms with Crippen molar-refractivity contribution in [1.29, 1.82) is 0 Å². The highest BCUT2D eigenvalue weighted by atomic mass is 35.5. The highest BCUT2D eigenvalue weighted by Gasteiger charge is 2.36. The molecule has 170 valence electrons.